The molecule has 3 rings (SSSR count). The summed E-state index contributed by atoms with van der Waals surface area (Å²) in [5, 5.41) is 0. The predicted molar refractivity (Wildman–Crippen MR) is 128 cm³/mol. The van der Waals surface area contributed by atoms with Gasteiger partial charge < -0.3 is 14.2 Å². The van der Waals surface area contributed by atoms with Gasteiger partial charge in [-0.1, -0.05) is 49.4 Å². The van der Waals surface area contributed by atoms with Gasteiger partial charge in [0.1, 0.15) is 23.5 Å². The first-order valence-corrected chi connectivity index (χ1v) is 10.2. The van der Waals surface area contributed by atoms with Crippen molar-refractivity contribution in [3.8, 4) is 17.2 Å². The summed E-state index contributed by atoms with van der Waals surface area (Å²) in [6, 6.07) is 19.6. The second-order valence-electron chi connectivity index (χ2n) is 6.97. The summed E-state index contributed by atoms with van der Waals surface area (Å²) in [6.45, 7) is 8.16. The lowest BCUT2D eigenvalue weighted by molar-refractivity contribution is 0.112. The molecule has 0 radical (unpaired) electrons. The summed E-state index contributed by atoms with van der Waals surface area (Å²) >= 11 is 0. The van der Waals surface area contributed by atoms with Crippen LogP contribution >= 0.6 is 0 Å². The van der Waals surface area contributed by atoms with Crippen molar-refractivity contribution in [3.63, 3.8) is 0 Å². The van der Waals surface area contributed by atoms with E-state index in [1.165, 1.54) is 16.7 Å². The molecule has 0 spiro atoms. The van der Waals surface area contributed by atoms with E-state index in [1.54, 1.807) is 33.5 Å². The zero-order valence-electron chi connectivity index (χ0n) is 19.7. The molecule has 4 nitrogen and oxygen atoms in total. The molecule has 3 aromatic rings. The van der Waals surface area contributed by atoms with Crippen LogP contribution < -0.4 is 14.2 Å². The van der Waals surface area contributed by atoms with Gasteiger partial charge in [0.2, 0.25) is 0 Å². The second kappa shape index (κ2) is 13.9. The number of benzene rings is 3. The Kier molecular flexibility index (Phi) is 11.5. The smallest absolute Gasteiger partial charge is 0.150 e. The first kappa shape index (κ1) is 25.8. The predicted octanol–water partition coefficient (Wildman–Crippen LogP) is 6.39. The highest BCUT2D eigenvalue weighted by atomic mass is 16.5. The van der Waals surface area contributed by atoms with Crippen LogP contribution in [0.1, 0.15) is 39.5 Å². The first-order chi connectivity index (χ1) is 14.9. The fourth-order valence-corrected chi connectivity index (χ4v) is 2.78. The maximum atomic E-state index is 10.3. The number of ether oxygens (including phenoxy) is 3. The van der Waals surface area contributed by atoms with E-state index in [-0.39, 0.29) is 0 Å². The summed E-state index contributed by atoms with van der Waals surface area (Å²) in [6.07, 6.45) is 1.87. The molecule has 0 fully saturated rings. The molecule has 0 heterocycles. The lowest BCUT2D eigenvalue weighted by Gasteiger charge is -2.05. The zero-order valence-corrected chi connectivity index (χ0v) is 19.7. The van der Waals surface area contributed by atoms with E-state index in [9.17, 15) is 4.79 Å². The molecule has 0 aliphatic heterocycles. The van der Waals surface area contributed by atoms with E-state index >= 15 is 0 Å². The van der Waals surface area contributed by atoms with Crippen LogP contribution in [0.2, 0.25) is 0 Å². The van der Waals surface area contributed by atoms with Gasteiger partial charge in [-0.15, -0.1) is 0 Å². The standard InChI is InChI=1S/C10H14O.C9H10O2.C8H10O/c1-4-9-6-5-8(2)10(7-9)11-3;1-7-3-4-8(6-10)5-9(7)11-2;1-7-5-3-4-6-8(7)9-2/h5-7H,4H2,1-3H3;3-6H,1-2H3;3-6H,1-2H3. The van der Waals surface area contributed by atoms with Crippen molar-refractivity contribution in [2.24, 2.45) is 0 Å². The molecule has 0 unspecified atom stereocenters. The van der Waals surface area contributed by atoms with Gasteiger partial charge >= 0.3 is 0 Å². The van der Waals surface area contributed by atoms with Crippen molar-refractivity contribution in [2.45, 2.75) is 34.1 Å². The Morgan fingerprint density at radius 1 is 0.677 bits per heavy atom. The highest BCUT2D eigenvalue weighted by molar-refractivity contribution is 5.75. The van der Waals surface area contributed by atoms with Gasteiger partial charge in [0.05, 0.1) is 21.3 Å². The van der Waals surface area contributed by atoms with E-state index in [0.717, 1.165) is 35.5 Å². The molecular formula is C27H34O4. The molecule has 0 amide bonds. The molecule has 0 atom stereocenters. The van der Waals surface area contributed by atoms with E-state index < -0.39 is 0 Å². The van der Waals surface area contributed by atoms with Crippen LogP contribution in [0.25, 0.3) is 0 Å². The van der Waals surface area contributed by atoms with E-state index in [0.29, 0.717) is 5.56 Å². The topological polar surface area (TPSA) is 44.8 Å². The first-order valence-electron chi connectivity index (χ1n) is 10.2. The van der Waals surface area contributed by atoms with Gasteiger partial charge in [-0.3, -0.25) is 4.79 Å². The number of hydrogen-bond acceptors (Lipinski definition) is 4. The molecule has 0 saturated heterocycles. The third-order valence-corrected chi connectivity index (χ3v) is 4.76. The van der Waals surface area contributed by atoms with Crippen molar-refractivity contribution in [2.75, 3.05) is 21.3 Å². The Morgan fingerprint density at radius 3 is 1.68 bits per heavy atom. The van der Waals surface area contributed by atoms with Gasteiger partial charge in [0.25, 0.3) is 0 Å². The minimum absolute atomic E-state index is 0.646. The van der Waals surface area contributed by atoms with Gasteiger partial charge in [-0.25, -0.2) is 0 Å². The van der Waals surface area contributed by atoms with Crippen LogP contribution in [0.15, 0.2) is 60.7 Å². The molecule has 4 heteroatoms. The van der Waals surface area contributed by atoms with Crippen LogP contribution in [-0.4, -0.2) is 27.6 Å². The highest BCUT2D eigenvalue weighted by Gasteiger charge is 1.98. The Morgan fingerprint density at radius 2 is 1.19 bits per heavy atom. The van der Waals surface area contributed by atoms with Gasteiger partial charge in [0, 0.05) is 5.56 Å². The van der Waals surface area contributed by atoms with E-state index in [4.69, 9.17) is 14.2 Å². The average Bonchev–Trinajstić information content (AvgIpc) is 2.81. The third kappa shape index (κ3) is 8.55. The lowest BCUT2D eigenvalue weighted by atomic mass is 10.1. The molecule has 0 saturated carbocycles. The third-order valence-electron chi connectivity index (χ3n) is 4.76. The fourth-order valence-electron chi connectivity index (χ4n) is 2.78. The number of carbonyl (C=O) groups excluding carboxylic acids is 1. The summed E-state index contributed by atoms with van der Waals surface area (Å²) in [5.74, 6) is 2.71. The summed E-state index contributed by atoms with van der Waals surface area (Å²) in [7, 11) is 4.99. The Labute approximate surface area is 186 Å². The van der Waals surface area contributed by atoms with Crippen LogP contribution in [-0.2, 0) is 6.42 Å². The fraction of sp³-hybridized carbons (Fsp3) is 0.296. The largest absolute Gasteiger partial charge is 0.496 e. The number of carbonyl (C=O) groups is 1. The lowest BCUT2D eigenvalue weighted by Crippen LogP contribution is -1.88. The number of para-hydroxylation sites is 1. The minimum atomic E-state index is 0.646. The molecule has 0 aromatic heterocycles. The SMILES string of the molecule is CCc1ccc(C)c(OC)c1.COc1cc(C=O)ccc1C.COc1ccccc1C. The molecule has 0 N–H and O–H groups in total. The molecule has 0 aliphatic carbocycles. The monoisotopic (exact) mass is 422 g/mol. The Hall–Kier alpha value is -3.27. The van der Waals surface area contributed by atoms with Crippen molar-refractivity contribution in [3.05, 3.63) is 88.5 Å². The maximum Gasteiger partial charge on any atom is 0.150 e. The number of rotatable bonds is 5. The van der Waals surface area contributed by atoms with Crippen LogP contribution in [0, 0.1) is 20.8 Å². The van der Waals surface area contributed by atoms with Crippen molar-refractivity contribution >= 4 is 6.29 Å². The molecule has 0 aliphatic rings. The Bertz CT molecular complexity index is 948. The summed E-state index contributed by atoms with van der Waals surface area (Å²) < 4.78 is 15.3. The van der Waals surface area contributed by atoms with E-state index in [1.807, 2.05) is 44.2 Å². The highest BCUT2D eigenvalue weighted by Crippen LogP contribution is 2.19. The van der Waals surface area contributed by atoms with Crippen molar-refractivity contribution < 1.29 is 19.0 Å². The van der Waals surface area contributed by atoms with Gasteiger partial charge in [0.15, 0.2) is 0 Å². The maximum absolute atomic E-state index is 10.3. The van der Waals surface area contributed by atoms with E-state index in [2.05, 4.69) is 32.0 Å². The van der Waals surface area contributed by atoms with Crippen LogP contribution in [0.3, 0.4) is 0 Å². The van der Waals surface area contributed by atoms with Gasteiger partial charge in [-0.2, -0.15) is 0 Å². The van der Waals surface area contributed by atoms with Crippen molar-refractivity contribution in [1.82, 2.24) is 0 Å². The van der Waals surface area contributed by atoms with Crippen molar-refractivity contribution in [1.29, 1.82) is 0 Å². The summed E-state index contributed by atoms with van der Waals surface area (Å²) in [5.41, 5.74) is 5.39. The quantitative estimate of drug-likeness (QED) is 0.447. The molecular weight excluding hydrogens is 388 g/mol. The van der Waals surface area contributed by atoms with Crippen LogP contribution in [0.4, 0.5) is 0 Å². The Balaban J connectivity index is 0.000000234. The second-order valence-corrected chi connectivity index (χ2v) is 6.97. The number of aldehydes is 1. The molecule has 31 heavy (non-hydrogen) atoms. The molecule has 3 aromatic carbocycles. The van der Waals surface area contributed by atoms with Crippen LogP contribution in [0.5, 0.6) is 17.2 Å². The number of methoxy groups -OCH3 is 3. The average molecular weight is 423 g/mol. The minimum Gasteiger partial charge on any atom is -0.496 e. The molecule has 166 valence electrons. The normalized spacial score (nSPS) is 9.39. The van der Waals surface area contributed by atoms with Gasteiger partial charge in [-0.05, 0) is 67.6 Å². The summed E-state index contributed by atoms with van der Waals surface area (Å²) in [4.78, 5) is 10.3. The number of aryl methyl sites for hydroxylation is 4. The zero-order chi connectivity index (χ0) is 23.2. The molecule has 0 bridgehead atoms. The number of hydrogen-bond donors (Lipinski definition) is 0.